The molecule has 0 aliphatic heterocycles. The Bertz CT molecular complexity index is 760. The number of nitrogens with one attached hydrogen (secondary N) is 2. The molecule has 2 aromatic carbocycles. The SMILES string of the molecule is O=C(CNC(=O)OCc1ccccc1)Nc1ccc(OC(F)F)c(Cl)c1. The Morgan fingerprint density at radius 1 is 1.12 bits per heavy atom. The molecule has 2 N–H and O–H groups in total. The molecule has 0 aliphatic carbocycles. The molecule has 138 valence electrons. The number of hydrogen-bond donors (Lipinski definition) is 2. The maximum absolute atomic E-state index is 12.2. The van der Waals surface area contributed by atoms with Crippen LogP contribution in [0.3, 0.4) is 0 Å². The highest BCUT2D eigenvalue weighted by molar-refractivity contribution is 6.32. The smallest absolute Gasteiger partial charge is 0.407 e. The largest absolute Gasteiger partial charge is 0.445 e. The zero-order chi connectivity index (χ0) is 18.9. The van der Waals surface area contributed by atoms with Crippen molar-refractivity contribution in [2.45, 2.75) is 13.2 Å². The van der Waals surface area contributed by atoms with Crippen LogP contribution in [0.5, 0.6) is 5.75 Å². The van der Waals surface area contributed by atoms with Gasteiger partial charge in [-0.1, -0.05) is 41.9 Å². The van der Waals surface area contributed by atoms with Gasteiger partial charge in [0.05, 0.1) is 5.02 Å². The van der Waals surface area contributed by atoms with E-state index < -0.39 is 18.6 Å². The Morgan fingerprint density at radius 2 is 1.85 bits per heavy atom. The normalized spacial score (nSPS) is 10.3. The molecule has 2 amide bonds. The van der Waals surface area contributed by atoms with E-state index in [1.165, 1.54) is 18.2 Å². The Kier molecular flexibility index (Phi) is 7.16. The fourth-order valence-corrected chi connectivity index (χ4v) is 2.13. The lowest BCUT2D eigenvalue weighted by Crippen LogP contribution is -2.33. The first-order chi connectivity index (χ1) is 12.4. The molecule has 0 saturated carbocycles. The standard InChI is InChI=1S/C17H15ClF2N2O4/c18-13-8-12(6-7-14(13)26-16(19)20)22-15(23)9-21-17(24)25-10-11-4-2-1-3-5-11/h1-8,16H,9-10H2,(H,21,24)(H,22,23). The fraction of sp³-hybridized carbons (Fsp3) is 0.176. The average Bonchev–Trinajstić information content (AvgIpc) is 2.61. The van der Waals surface area contributed by atoms with Crippen molar-refractivity contribution in [1.82, 2.24) is 5.32 Å². The van der Waals surface area contributed by atoms with Crippen LogP contribution in [0.25, 0.3) is 0 Å². The number of alkyl carbamates (subject to hydrolysis) is 1. The minimum atomic E-state index is -3.00. The summed E-state index contributed by atoms with van der Waals surface area (Å²) in [5, 5.41) is 4.67. The van der Waals surface area contributed by atoms with Gasteiger partial charge >= 0.3 is 12.7 Å². The first-order valence-electron chi connectivity index (χ1n) is 7.43. The van der Waals surface area contributed by atoms with E-state index in [0.29, 0.717) is 0 Å². The van der Waals surface area contributed by atoms with Crippen molar-refractivity contribution in [3.8, 4) is 5.75 Å². The van der Waals surface area contributed by atoms with E-state index in [2.05, 4.69) is 15.4 Å². The van der Waals surface area contributed by atoms with Gasteiger partial charge in [0.2, 0.25) is 5.91 Å². The number of rotatable bonds is 7. The Morgan fingerprint density at radius 3 is 2.50 bits per heavy atom. The number of alkyl halides is 2. The minimum Gasteiger partial charge on any atom is -0.445 e. The molecule has 26 heavy (non-hydrogen) atoms. The second kappa shape index (κ2) is 9.57. The third-order valence-corrected chi connectivity index (χ3v) is 3.33. The van der Waals surface area contributed by atoms with Crippen molar-refractivity contribution in [3.63, 3.8) is 0 Å². The van der Waals surface area contributed by atoms with Gasteiger partial charge in [-0.3, -0.25) is 4.79 Å². The van der Waals surface area contributed by atoms with Gasteiger partial charge < -0.3 is 20.1 Å². The number of ether oxygens (including phenoxy) is 2. The molecule has 0 radical (unpaired) electrons. The second-order valence-electron chi connectivity index (χ2n) is 4.99. The van der Waals surface area contributed by atoms with Crippen LogP contribution < -0.4 is 15.4 Å². The average molecular weight is 385 g/mol. The van der Waals surface area contributed by atoms with E-state index in [1.54, 1.807) is 12.1 Å². The van der Waals surface area contributed by atoms with Gasteiger partial charge in [0, 0.05) is 5.69 Å². The molecule has 0 spiro atoms. The molecule has 0 unspecified atom stereocenters. The third kappa shape index (κ3) is 6.56. The molecule has 0 heterocycles. The van der Waals surface area contributed by atoms with Crippen LogP contribution in [0.15, 0.2) is 48.5 Å². The van der Waals surface area contributed by atoms with Crippen LogP contribution in [-0.2, 0) is 16.1 Å². The number of benzene rings is 2. The van der Waals surface area contributed by atoms with E-state index in [-0.39, 0.29) is 29.6 Å². The van der Waals surface area contributed by atoms with Crippen molar-refractivity contribution in [2.24, 2.45) is 0 Å². The summed E-state index contributed by atoms with van der Waals surface area (Å²) in [6.45, 7) is -3.25. The zero-order valence-corrected chi connectivity index (χ0v) is 14.1. The van der Waals surface area contributed by atoms with Crippen LogP contribution in [0, 0.1) is 0 Å². The summed E-state index contributed by atoms with van der Waals surface area (Å²) in [5.74, 6) is -0.748. The lowest BCUT2D eigenvalue weighted by Gasteiger charge is -2.10. The molecule has 0 bridgehead atoms. The lowest BCUT2D eigenvalue weighted by molar-refractivity contribution is -0.115. The van der Waals surface area contributed by atoms with Gasteiger partial charge in [0.15, 0.2) is 0 Å². The molecule has 6 nitrogen and oxygen atoms in total. The number of anilines is 1. The molecule has 0 atom stereocenters. The number of halogens is 3. The molecule has 0 aliphatic rings. The fourth-order valence-electron chi connectivity index (χ4n) is 1.90. The molecule has 0 aromatic heterocycles. The van der Waals surface area contributed by atoms with Crippen molar-refractivity contribution in [3.05, 3.63) is 59.1 Å². The van der Waals surface area contributed by atoms with E-state index in [4.69, 9.17) is 16.3 Å². The van der Waals surface area contributed by atoms with E-state index >= 15 is 0 Å². The molecule has 9 heteroatoms. The van der Waals surface area contributed by atoms with Crippen LogP contribution >= 0.6 is 11.6 Å². The zero-order valence-electron chi connectivity index (χ0n) is 13.4. The monoisotopic (exact) mass is 384 g/mol. The van der Waals surface area contributed by atoms with Crippen molar-refractivity contribution in [2.75, 3.05) is 11.9 Å². The lowest BCUT2D eigenvalue weighted by atomic mass is 10.2. The quantitative estimate of drug-likeness (QED) is 0.761. The maximum atomic E-state index is 12.2. The van der Waals surface area contributed by atoms with E-state index in [0.717, 1.165) is 5.56 Å². The molecule has 2 aromatic rings. The summed E-state index contributed by atoms with van der Waals surface area (Å²) >= 11 is 5.78. The molecule has 0 fully saturated rings. The summed E-state index contributed by atoms with van der Waals surface area (Å²) in [5.41, 5.74) is 1.08. The minimum absolute atomic E-state index is 0.0789. The summed E-state index contributed by atoms with van der Waals surface area (Å²) < 4.78 is 33.5. The molecule has 0 saturated heterocycles. The number of carbonyl (C=O) groups is 2. The Labute approximate surface area is 153 Å². The van der Waals surface area contributed by atoms with Gasteiger partial charge in [-0.05, 0) is 23.8 Å². The Balaban J connectivity index is 1.76. The summed E-state index contributed by atoms with van der Waals surface area (Å²) in [6.07, 6.45) is -0.747. The van der Waals surface area contributed by atoms with E-state index in [9.17, 15) is 18.4 Å². The molecular weight excluding hydrogens is 370 g/mol. The first-order valence-corrected chi connectivity index (χ1v) is 7.80. The maximum Gasteiger partial charge on any atom is 0.407 e. The second-order valence-corrected chi connectivity index (χ2v) is 5.39. The number of hydrogen-bond acceptors (Lipinski definition) is 4. The molecular formula is C17H15ClF2N2O4. The highest BCUT2D eigenvalue weighted by atomic mass is 35.5. The Hall–Kier alpha value is -2.87. The van der Waals surface area contributed by atoms with Crippen molar-refractivity contribution in [1.29, 1.82) is 0 Å². The highest BCUT2D eigenvalue weighted by Crippen LogP contribution is 2.28. The van der Waals surface area contributed by atoms with Gasteiger partial charge in [0.25, 0.3) is 0 Å². The number of amides is 2. The highest BCUT2D eigenvalue weighted by Gasteiger charge is 2.11. The van der Waals surface area contributed by atoms with Gasteiger partial charge in [0.1, 0.15) is 18.9 Å². The van der Waals surface area contributed by atoms with Crippen LogP contribution in [0.2, 0.25) is 5.02 Å². The molecule has 2 rings (SSSR count). The first kappa shape index (κ1) is 19.5. The summed E-state index contributed by atoms with van der Waals surface area (Å²) in [7, 11) is 0. The van der Waals surface area contributed by atoms with Gasteiger partial charge in [-0.25, -0.2) is 4.79 Å². The third-order valence-electron chi connectivity index (χ3n) is 3.04. The predicted molar refractivity (Wildman–Crippen MR) is 91.3 cm³/mol. The van der Waals surface area contributed by atoms with Crippen LogP contribution in [0.4, 0.5) is 19.3 Å². The topological polar surface area (TPSA) is 76.7 Å². The summed E-state index contributed by atoms with van der Waals surface area (Å²) in [6, 6.07) is 12.9. The van der Waals surface area contributed by atoms with Gasteiger partial charge in [-0.15, -0.1) is 0 Å². The van der Waals surface area contributed by atoms with Crippen molar-refractivity contribution < 1.29 is 27.8 Å². The summed E-state index contributed by atoms with van der Waals surface area (Å²) in [4.78, 5) is 23.3. The number of carbonyl (C=O) groups excluding carboxylic acids is 2. The van der Waals surface area contributed by atoms with Crippen LogP contribution in [0.1, 0.15) is 5.56 Å². The van der Waals surface area contributed by atoms with E-state index in [1.807, 2.05) is 18.2 Å². The van der Waals surface area contributed by atoms with Crippen molar-refractivity contribution >= 4 is 29.3 Å². The predicted octanol–water partition coefficient (Wildman–Crippen LogP) is 3.81. The van der Waals surface area contributed by atoms with Crippen LogP contribution in [-0.4, -0.2) is 25.2 Å². The van der Waals surface area contributed by atoms with Gasteiger partial charge in [-0.2, -0.15) is 8.78 Å².